The van der Waals surface area contributed by atoms with Crippen LogP contribution in [0.3, 0.4) is 0 Å². The van der Waals surface area contributed by atoms with E-state index in [1.807, 2.05) is 6.92 Å². The van der Waals surface area contributed by atoms with Crippen molar-refractivity contribution in [3.63, 3.8) is 0 Å². The normalized spacial score (nSPS) is 14.6. The second kappa shape index (κ2) is 13.5. The summed E-state index contributed by atoms with van der Waals surface area (Å²) in [5, 5.41) is 8.98. The molecule has 0 aromatic heterocycles. The molecular formula is C13H27NaO5S. The van der Waals surface area contributed by atoms with Gasteiger partial charge >= 0.3 is 29.6 Å². The van der Waals surface area contributed by atoms with Gasteiger partial charge in [-0.05, 0) is 13.3 Å². The van der Waals surface area contributed by atoms with Crippen LogP contribution in [0.5, 0.6) is 0 Å². The first kappa shape index (κ1) is 23.1. The Balaban J connectivity index is 0. The van der Waals surface area contributed by atoms with E-state index in [0.29, 0.717) is 0 Å². The topological polar surface area (TPSA) is 86.7 Å². The van der Waals surface area contributed by atoms with Crippen molar-refractivity contribution in [3.05, 3.63) is 0 Å². The van der Waals surface area contributed by atoms with Gasteiger partial charge in [0.25, 0.3) is 0 Å². The Morgan fingerprint density at radius 2 is 1.70 bits per heavy atom. The van der Waals surface area contributed by atoms with Crippen LogP contribution in [0.15, 0.2) is 0 Å². The zero-order valence-corrected chi connectivity index (χ0v) is 15.8. The quantitative estimate of drug-likeness (QED) is 0.285. The molecule has 0 amide bonds. The van der Waals surface area contributed by atoms with Gasteiger partial charge in [0.2, 0.25) is 0 Å². The molecule has 0 aromatic rings. The van der Waals surface area contributed by atoms with Gasteiger partial charge in [-0.15, -0.1) is 0 Å². The van der Waals surface area contributed by atoms with E-state index < -0.39 is 28.6 Å². The Morgan fingerprint density at radius 3 is 2.20 bits per heavy atom. The van der Waals surface area contributed by atoms with Crippen molar-refractivity contribution in [2.24, 2.45) is 0 Å². The summed E-state index contributed by atoms with van der Waals surface area (Å²) in [5.41, 5.74) is 0. The third-order valence-electron chi connectivity index (χ3n) is 2.98. The Morgan fingerprint density at radius 1 is 1.15 bits per heavy atom. The van der Waals surface area contributed by atoms with Crippen molar-refractivity contribution in [1.29, 1.82) is 0 Å². The van der Waals surface area contributed by atoms with Crippen molar-refractivity contribution in [2.45, 2.75) is 71.0 Å². The SMILES string of the molecule is CCCCCCCCC(C)OC(CO)CS(=O)(=O)[O-].[Na+]. The van der Waals surface area contributed by atoms with Crippen molar-refractivity contribution < 1.29 is 52.4 Å². The zero-order valence-electron chi connectivity index (χ0n) is 13.0. The van der Waals surface area contributed by atoms with Gasteiger partial charge in [0, 0.05) is 0 Å². The van der Waals surface area contributed by atoms with Gasteiger partial charge in [-0.25, -0.2) is 8.42 Å². The van der Waals surface area contributed by atoms with Gasteiger partial charge in [0.15, 0.2) is 0 Å². The summed E-state index contributed by atoms with van der Waals surface area (Å²) in [6.45, 7) is 3.57. The maximum Gasteiger partial charge on any atom is 1.00 e. The van der Waals surface area contributed by atoms with E-state index in [1.165, 1.54) is 25.7 Å². The molecule has 0 radical (unpaired) electrons. The molecule has 0 bridgehead atoms. The van der Waals surface area contributed by atoms with Crippen LogP contribution >= 0.6 is 0 Å². The molecule has 0 heterocycles. The second-order valence-electron chi connectivity index (χ2n) is 5.03. The Labute approximate surface area is 145 Å². The molecule has 1 N–H and O–H groups in total. The van der Waals surface area contributed by atoms with Gasteiger partial charge < -0.3 is 14.4 Å². The summed E-state index contributed by atoms with van der Waals surface area (Å²) in [7, 11) is -4.35. The largest absolute Gasteiger partial charge is 1.00 e. The van der Waals surface area contributed by atoms with E-state index in [1.54, 1.807) is 0 Å². The molecule has 0 saturated carbocycles. The van der Waals surface area contributed by atoms with Crippen molar-refractivity contribution >= 4 is 10.1 Å². The molecule has 0 spiro atoms. The summed E-state index contributed by atoms with van der Waals surface area (Å²) in [6.07, 6.45) is 6.88. The molecule has 0 aliphatic carbocycles. The molecule has 116 valence electrons. The number of hydrogen-bond acceptors (Lipinski definition) is 5. The van der Waals surface area contributed by atoms with Crippen LogP contribution in [-0.2, 0) is 14.9 Å². The van der Waals surface area contributed by atoms with Crippen molar-refractivity contribution in [3.8, 4) is 0 Å². The number of hydrogen-bond donors (Lipinski definition) is 1. The summed E-state index contributed by atoms with van der Waals surface area (Å²) in [6, 6.07) is 0. The summed E-state index contributed by atoms with van der Waals surface area (Å²) in [4.78, 5) is 0. The third-order valence-corrected chi connectivity index (χ3v) is 3.76. The van der Waals surface area contributed by atoms with Crippen LogP contribution in [-0.4, -0.2) is 42.6 Å². The molecule has 0 aliphatic heterocycles. The fourth-order valence-electron chi connectivity index (χ4n) is 1.97. The summed E-state index contributed by atoms with van der Waals surface area (Å²) >= 11 is 0. The van der Waals surface area contributed by atoms with E-state index in [4.69, 9.17) is 9.84 Å². The predicted octanol–water partition coefficient (Wildman–Crippen LogP) is -0.948. The van der Waals surface area contributed by atoms with Gasteiger partial charge in [0.05, 0.1) is 34.7 Å². The fourth-order valence-corrected chi connectivity index (χ4v) is 2.61. The molecule has 20 heavy (non-hydrogen) atoms. The predicted molar refractivity (Wildman–Crippen MR) is 74.0 cm³/mol. The van der Waals surface area contributed by atoms with E-state index in [0.717, 1.165) is 19.3 Å². The van der Waals surface area contributed by atoms with Gasteiger partial charge in [-0.2, -0.15) is 0 Å². The van der Waals surface area contributed by atoms with E-state index in [2.05, 4.69) is 6.92 Å². The molecule has 0 saturated heterocycles. The van der Waals surface area contributed by atoms with Crippen LogP contribution in [0.4, 0.5) is 0 Å². The monoisotopic (exact) mass is 318 g/mol. The first-order valence-corrected chi connectivity index (χ1v) is 8.66. The average molecular weight is 318 g/mol. The number of unbranched alkanes of at least 4 members (excludes halogenated alkanes) is 5. The second-order valence-corrected chi connectivity index (χ2v) is 6.48. The molecule has 0 aliphatic rings. The number of ether oxygens (including phenoxy) is 1. The minimum absolute atomic E-state index is 0. The maximum atomic E-state index is 10.6. The average Bonchev–Trinajstić information content (AvgIpc) is 2.31. The van der Waals surface area contributed by atoms with Gasteiger partial charge in [0.1, 0.15) is 0 Å². The number of aliphatic hydroxyl groups is 1. The van der Waals surface area contributed by atoms with Crippen LogP contribution in [0.2, 0.25) is 0 Å². The van der Waals surface area contributed by atoms with Gasteiger partial charge in [-0.3, -0.25) is 0 Å². The standard InChI is InChI=1S/C13H28O5S.Na/c1-3-4-5-6-7-8-9-12(2)18-13(10-14)11-19(15,16)17;/h12-14H,3-11H2,1-2H3,(H,15,16,17);/q;+1/p-1. The molecule has 5 nitrogen and oxygen atoms in total. The Bertz CT molecular complexity index is 308. The van der Waals surface area contributed by atoms with Crippen molar-refractivity contribution in [1.82, 2.24) is 0 Å². The molecule has 2 unspecified atom stereocenters. The summed E-state index contributed by atoms with van der Waals surface area (Å²) < 4.78 is 37.2. The number of rotatable bonds is 12. The Kier molecular flexibility index (Phi) is 15.6. The molecular weight excluding hydrogens is 291 g/mol. The Hall–Kier alpha value is 0.830. The third kappa shape index (κ3) is 15.2. The van der Waals surface area contributed by atoms with E-state index in [-0.39, 0.29) is 35.7 Å². The van der Waals surface area contributed by atoms with Crippen LogP contribution in [0.25, 0.3) is 0 Å². The van der Waals surface area contributed by atoms with Crippen LogP contribution in [0.1, 0.15) is 58.8 Å². The molecule has 2 atom stereocenters. The van der Waals surface area contributed by atoms with E-state index >= 15 is 0 Å². The molecule has 0 fully saturated rings. The minimum atomic E-state index is -4.35. The van der Waals surface area contributed by atoms with Crippen molar-refractivity contribution in [2.75, 3.05) is 12.4 Å². The number of aliphatic hydroxyl groups excluding tert-OH is 1. The van der Waals surface area contributed by atoms with Gasteiger partial charge in [-0.1, -0.05) is 45.4 Å². The zero-order chi connectivity index (χ0) is 14.7. The van der Waals surface area contributed by atoms with Crippen LogP contribution in [0, 0.1) is 0 Å². The molecule has 0 aromatic carbocycles. The first-order valence-electron chi connectivity index (χ1n) is 7.09. The molecule has 7 heteroatoms. The summed E-state index contributed by atoms with van der Waals surface area (Å²) in [5.74, 6) is -0.662. The minimum Gasteiger partial charge on any atom is -0.748 e. The first-order chi connectivity index (χ1) is 8.89. The molecule has 0 rings (SSSR count). The fraction of sp³-hybridized carbons (Fsp3) is 1.00. The van der Waals surface area contributed by atoms with E-state index in [9.17, 15) is 13.0 Å². The van der Waals surface area contributed by atoms with Crippen LogP contribution < -0.4 is 29.6 Å². The maximum absolute atomic E-state index is 10.6. The smallest absolute Gasteiger partial charge is 0.748 e.